The van der Waals surface area contributed by atoms with Gasteiger partial charge in [-0.2, -0.15) is 0 Å². The van der Waals surface area contributed by atoms with Crippen molar-refractivity contribution in [3.05, 3.63) is 48.4 Å². The third-order valence-corrected chi connectivity index (χ3v) is 4.11. The van der Waals surface area contributed by atoms with Crippen molar-refractivity contribution < 1.29 is 9.53 Å². The van der Waals surface area contributed by atoms with Crippen LogP contribution in [0.1, 0.15) is 23.2 Å². The topological polar surface area (TPSA) is 55.3 Å². The number of hydrogen-bond donors (Lipinski definition) is 0. The number of hydrogen-bond acceptors (Lipinski definition) is 5. The van der Waals surface area contributed by atoms with Gasteiger partial charge in [0, 0.05) is 37.0 Å². The Labute approximate surface area is 130 Å². The molecule has 0 aliphatic carbocycles. The molecular weight excluding hydrogens is 278 g/mol. The molecule has 0 unspecified atom stereocenters. The van der Waals surface area contributed by atoms with E-state index >= 15 is 0 Å². The maximum Gasteiger partial charge on any atom is 0.166 e. The summed E-state index contributed by atoms with van der Waals surface area (Å²) in [4.78, 5) is 23.1. The van der Waals surface area contributed by atoms with E-state index < -0.39 is 0 Å². The molecule has 0 N–H and O–H groups in total. The van der Waals surface area contributed by atoms with E-state index in [1.54, 1.807) is 25.7 Å². The summed E-state index contributed by atoms with van der Waals surface area (Å²) in [6.45, 7) is 1.68. The molecule has 0 amide bonds. The van der Waals surface area contributed by atoms with Crippen molar-refractivity contribution in [3.63, 3.8) is 0 Å². The van der Waals surface area contributed by atoms with E-state index in [1.807, 2.05) is 24.3 Å². The van der Waals surface area contributed by atoms with E-state index in [-0.39, 0.29) is 11.7 Å². The second kappa shape index (κ2) is 6.56. The molecule has 1 aliphatic rings. The zero-order valence-electron chi connectivity index (χ0n) is 12.6. The molecule has 1 aliphatic heterocycles. The molecule has 22 heavy (non-hydrogen) atoms. The van der Waals surface area contributed by atoms with Gasteiger partial charge in [0.1, 0.15) is 11.6 Å². The molecule has 0 radical (unpaired) electrons. The van der Waals surface area contributed by atoms with Crippen LogP contribution in [-0.2, 0) is 0 Å². The van der Waals surface area contributed by atoms with E-state index in [9.17, 15) is 4.79 Å². The Morgan fingerprint density at radius 2 is 1.91 bits per heavy atom. The van der Waals surface area contributed by atoms with Gasteiger partial charge >= 0.3 is 0 Å². The molecule has 1 aromatic heterocycles. The van der Waals surface area contributed by atoms with Crippen LogP contribution >= 0.6 is 0 Å². The van der Waals surface area contributed by atoms with Crippen LogP contribution < -0.4 is 9.64 Å². The van der Waals surface area contributed by atoms with Crippen LogP contribution in [0.15, 0.2) is 42.9 Å². The summed E-state index contributed by atoms with van der Waals surface area (Å²) >= 11 is 0. The second-order valence-corrected chi connectivity index (χ2v) is 5.42. The Bertz CT molecular complexity index is 620. The molecule has 5 nitrogen and oxygen atoms in total. The standard InChI is InChI=1S/C17H19N3O2/c1-22-15-4-2-13(3-5-15)17(21)14-6-10-20(11-7-14)16-12-18-8-9-19-16/h2-5,8-9,12,14H,6-7,10-11H2,1H3. The number of ether oxygens (including phenoxy) is 1. The third-order valence-electron chi connectivity index (χ3n) is 4.11. The van der Waals surface area contributed by atoms with E-state index in [2.05, 4.69) is 14.9 Å². The molecule has 0 spiro atoms. The number of aromatic nitrogens is 2. The van der Waals surface area contributed by atoms with Gasteiger partial charge in [-0.25, -0.2) is 4.98 Å². The van der Waals surface area contributed by atoms with E-state index in [0.29, 0.717) is 0 Å². The van der Waals surface area contributed by atoms with Crippen LogP contribution in [-0.4, -0.2) is 36.0 Å². The first kappa shape index (κ1) is 14.5. The second-order valence-electron chi connectivity index (χ2n) is 5.42. The van der Waals surface area contributed by atoms with Gasteiger partial charge < -0.3 is 9.64 Å². The van der Waals surface area contributed by atoms with Crippen LogP contribution in [0.2, 0.25) is 0 Å². The number of methoxy groups -OCH3 is 1. The average molecular weight is 297 g/mol. The highest BCUT2D eigenvalue weighted by Gasteiger charge is 2.26. The van der Waals surface area contributed by atoms with E-state index in [1.165, 1.54) is 0 Å². The van der Waals surface area contributed by atoms with Crippen molar-refractivity contribution in [2.75, 3.05) is 25.1 Å². The Morgan fingerprint density at radius 3 is 2.50 bits per heavy atom. The minimum absolute atomic E-state index is 0.0846. The molecule has 1 aromatic carbocycles. The largest absolute Gasteiger partial charge is 0.497 e. The predicted octanol–water partition coefficient (Wildman–Crippen LogP) is 2.58. The van der Waals surface area contributed by atoms with E-state index in [0.717, 1.165) is 43.1 Å². The van der Waals surface area contributed by atoms with Crippen molar-refractivity contribution in [1.29, 1.82) is 0 Å². The van der Waals surface area contributed by atoms with Crippen molar-refractivity contribution >= 4 is 11.6 Å². The molecule has 2 aromatic rings. The zero-order valence-corrected chi connectivity index (χ0v) is 12.6. The SMILES string of the molecule is COc1ccc(C(=O)C2CCN(c3cnccn3)CC2)cc1. The molecular formula is C17H19N3O2. The van der Waals surface area contributed by atoms with Gasteiger partial charge in [-0.05, 0) is 37.1 Å². The number of ketones is 1. The normalized spacial score (nSPS) is 15.6. The number of nitrogens with zero attached hydrogens (tertiary/aromatic N) is 3. The number of piperidine rings is 1. The molecule has 3 rings (SSSR count). The number of rotatable bonds is 4. The smallest absolute Gasteiger partial charge is 0.166 e. The van der Waals surface area contributed by atoms with Crippen molar-refractivity contribution in [2.24, 2.45) is 5.92 Å². The first-order valence-electron chi connectivity index (χ1n) is 7.47. The summed E-state index contributed by atoms with van der Waals surface area (Å²) in [6, 6.07) is 7.36. The fourth-order valence-corrected chi connectivity index (χ4v) is 2.82. The quantitative estimate of drug-likeness (QED) is 0.812. The third kappa shape index (κ3) is 3.08. The van der Waals surface area contributed by atoms with Gasteiger partial charge in [-0.1, -0.05) is 0 Å². The number of anilines is 1. The predicted molar refractivity (Wildman–Crippen MR) is 84.3 cm³/mol. The van der Waals surface area contributed by atoms with Crippen LogP contribution in [0.5, 0.6) is 5.75 Å². The van der Waals surface area contributed by atoms with Gasteiger partial charge in [0.25, 0.3) is 0 Å². The highest BCUT2D eigenvalue weighted by molar-refractivity contribution is 5.98. The molecule has 0 atom stereocenters. The number of benzene rings is 1. The number of carbonyl (C=O) groups is 1. The van der Waals surface area contributed by atoms with Crippen LogP contribution in [0.4, 0.5) is 5.82 Å². The van der Waals surface area contributed by atoms with Crippen LogP contribution in [0.25, 0.3) is 0 Å². The maximum atomic E-state index is 12.6. The summed E-state index contributed by atoms with van der Waals surface area (Å²) in [5.74, 6) is 1.97. The molecule has 114 valence electrons. The number of Topliss-reactive ketones (excluding diaryl/α,β-unsaturated/α-hetero) is 1. The lowest BCUT2D eigenvalue weighted by Gasteiger charge is -2.31. The van der Waals surface area contributed by atoms with Gasteiger partial charge in [0.05, 0.1) is 13.3 Å². The lowest BCUT2D eigenvalue weighted by molar-refractivity contribution is 0.0900. The van der Waals surface area contributed by atoms with Gasteiger partial charge in [0.2, 0.25) is 0 Å². The van der Waals surface area contributed by atoms with Crippen molar-refractivity contribution in [1.82, 2.24) is 9.97 Å². The van der Waals surface area contributed by atoms with Crippen molar-refractivity contribution in [3.8, 4) is 5.75 Å². The monoisotopic (exact) mass is 297 g/mol. The fourth-order valence-electron chi connectivity index (χ4n) is 2.82. The highest BCUT2D eigenvalue weighted by atomic mass is 16.5. The molecule has 0 saturated carbocycles. The first-order chi connectivity index (χ1) is 10.8. The average Bonchev–Trinajstić information content (AvgIpc) is 2.62. The highest BCUT2D eigenvalue weighted by Crippen LogP contribution is 2.25. The van der Waals surface area contributed by atoms with Gasteiger partial charge in [-0.3, -0.25) is 9.78 Å². The number of carbonyl (C=O) groups excluding carboxylic acids is 1. The molecule has 1 saturated heterocycles. The van der Waals surface area contributed by atoms with Gasteiger partial charge in [-0.15, -0.1) is 0 Å². The Morgan fingerprint density at radius 1 is 1.18 bits per heavy atom. The Balaban J connectivity index is 1.62. The summed E-state index contributed by atoms with van der Waals surface area (Å²) in [6.07, 6.45) is 6.84. The fraction of sp³-hybridized carbons (Fsp3) is 0.353. The molecule has 0 bridgehead atoms. The minimum Gasteiger partial charge on any atom is -0.497 e. The molecule has 5 heteroatoms. The molecule has 1 fully saturated rings. The maximum absolute atomic E-state index is 12.6. The lowest BCUT2D eigenvalue weighted by Crippen LogP contribution is -2.36. The summed E-state index contributed by atoms with van der Waals surface area (Å²) in [7, 11) is 1.62. The summed E-state index contributed by atoms with van der Waals surface area (Å²) < 4.78 is 5.13. The summed E-state index contributed by atoms with van der Waals surface area (Å²) in [5.41, 5.74) is 0.763. The Hall–Kier alpha value is -2.43. The summed E-state index contributed by atoms with van der Waals surface area (Å²) in [5, 5.41) is 0. The van der Waals surface area contributed by atoms with Crippen LogP contribution in [0.3, 0.4) is 0 Å². The van der Waals surface area contributed by atoms with Crippen LogP contribution in [0, 0.1) is 5.92 Å². The first-order valence-corrected chi connectivity index (χ1v) is 7.47. The van der Waals surface area contributed by atoms with E-state index in [4.69, 9.17) is 4.74 Å². The Kier molecular flexibility index (Phi) is 4.32. The zero-order chi connectivity index (χ0) is 15.4. The minimum atomic E-state index is 0.0846. The van der Waals surface area contributed by atoms with Crippen molar-refractivity contribution in [2.45, 2.75) is 12.8 Å². The lowest BCUT2D eigenvalue weighted by atomic mass is 9.89. The molecule has 2 heterocycles. The van der Waals surface area contributed by atoms with Gasteiger partial charge in [0.15, 0.2) is 5.78 Å².